The third kappa shape index (κ3) is 3.58. The van der Waals surface area contributed by atoms with E-state index in [1.165, 1.54) is 25.0 Å². The average Bonchev–Trinajstić information content (AvgIpc) is 2.44. The first-order valence-corrected chi connectivity index (χ1v) is 7.82. The van der Waals surface area contributed by atoms with Gasteiger partial charge in [-0.05, 0) is 44.5 Å². The lowest BCUT2D eigenvalue weighted by molar-refractivity contribution is 0.0677. The Kier molecular flexibility index (Phi) is 5.17. The Labute approximate surface area is 123 Å². The largest absolute Gasteiger partial charge is 0.315 e. The number of nitrogens with zero attached hydrogens (tertiary/aromatic N) is 2. The maximum absolute atomic E-state index is 4.42. The molecule has 1 aliphatic rings. The molecule has 1 heterocycles. The number of likely N-dealkylation sites (N-methyl/N-ethyl adjacent to an activating group) is 2. The molecule has 1 aromatic rings. The van der Waals surface area contributed by atoms with Crippen molar-refractivity contribution < 1.29 is 0 Å². The zero-order valence-corrected chi connectivity index (χ0v) is 13.4. The van der Waals surface area contributed by atoms with Crippen LogP contribution >= 0.6 is 0 Å². The fourth-order valence-electron chi connectivity index (χ4n) is 3.67. The summed E-state index contributed by atoms with van der Waals surface area (Å²) in [5.41, 5.74) is 1.58. The Bertz CT molecular complexity index is 402. The summed E-state index contributed by atoms with van der Waals surface area (Å²) in [5, 5.41) is 3.57. The molecule has 0 aromatic carbocycles. The van der Waals surface area contributed by atoms with Crippen LogP contribution in [0.4, 0.5) is 0 Å². The van der Waals surface area contributed by atoms with Gasteiger partial charge in [-0.1, -0.05) is 26.3 Å². The van der Waals surface area contributed by atoms with Crippen LogP contribution in [0.15, 0.2) is 24.4 Å². The highest BCUT2D eigenvalue weighted by Gasteiger charge is 2.39. The van der Waals surface area contributed by atoms with E-state index in [1.54, 1.807) is 0 Å². The molecule has 0 aliphatic heterocycles. The van der Waals surface area contributed by atoms with Gasteiger partial charge in [0.1, 0.15) is 0 Å². The molecule has 1 aromatic heterocycles. The Hall–Kier alpha value is -0.930. The predicted molar refractivity (Wildman–Crippen MR) is 84.8 cm³/mol. The summed E-state index contributed by atoms with van der Waals surface area (Å²) in [5.74, 6) is 0. The molecule has 2 unspecified atom stereocenters. The van der Waals surface area contributed by atoms with Gasteiger partial charge in [-0.15, -0.1) is 0 Å². The maximum atomic E-state index is 4.42. The molecule has 0 radical (unpaired) electrons. The molecule has 0 amide bonds. The molecule has 1 fully saturated rings. The number of pyridine rings is 1. The van der Waals surface area contributed by atoms with Gasteiger partial charge in [0.15, 0.2) is 0 Å². The molecule has 0 saturated heterocycles. The minimum atomic E-state index is 0.386. The predicted octanol–water partition coefficient (Wildman–Crippen LogP) is 2.72. The molecule has 1 saturated carbocycles. The van der Waals surface area contributed by atoms with Crippen LogP contribution in [0.3, 0.4) is 0 Å². The second-order valence-corrected chi connectivity index (χ2v) is 6.77. The third-order valence-corrected chi connectivity index (χ3v) is 4.87. The van der Waals surface area contributed by atoms with Crippen molar-refractivity contribution in [1.29, 1.82) is 0 Å². The van der Waals surface area contributed by atoms with Crippen molar-refractivity contribution in [1.82, 2.24) is 15.2 Å². The summed E-state index contributed by atoms with van der Waals surface area (Å²) in [6.07, 6.45) is 6.88. The van der Waals surface area contributed by atoms with Gasteiger partial charge in [-0.25, -0.2) is 0 Å². The number of hydrogen-bond donors (Lipinski definition) is 1. The molecule has 1 aliphatic carbocycles. The van der Waals surface area contributed by atoms with Crippen LogP contribution in [0.5, 0.6) is 0 Å². The molecule has 112 valence electrons. The summed E-state index contributed by atoms with van der Waals surface area (Å²) >= 11 is 0. The van der Waals surface area contributed by atoms with Crippen molar-refractivity contribution in [3.63, 3.8) is 0 Å². The van der Waals surface area contributed by atoms with Crippen molar-refractivity contribution in [3.8, 4) is 0 Å². The smallest absolute Gasteiger partial charge is 0.0416 e. The Morgan fingerprint density at radius 2 is 2.20 bits per heavy atom. The average molecular weight is 275 g/mol. The Balaban J connectivity index is 1.95. The molecular formula is C17H29N3. The van der Waals surface area contributed by atoms with E-state index in [2.05, 4.69) is 55.3 Å². The molecule has 0 spiro atoms. The van der Waals surface area contributed by atoms with E-state index in [-0.39, 0.29) is 0 Å². The molecule has 1 N–H and O–H groups in total. The SMILES string of the molecule is CNC1C(N(C)CCc2ccccn2)CCCC1(C)C. The molecule has 3 nitrogen and oxygen atoms in total. The van der Waals surface area contributed by atoms with E-state index < -0.39 is 0 Å². The van der Waals surface area contributed by atoms with Crippen molar-refractivity contribution in [2.24, 2.45) is 5.41 Å². The van der Waals surface area contributed by atoms with Crippen LogP contribution in [-0.2, 0) is 6.42 Å². The Morgan fingerprint density at radius 3 is 2.85 bits per heavy atom. The highest BCUT2D eigenvalue weighted by molar-refractivity contribution is 5.04. The fraction of sp³-hybridized carbons (Fsp3) is 0.706. The van der Waals surface area contributed by atoms with Crippen LogP contribution in [-0.4, -0.2) is 42.6 Å². The highest BCUT2D eigenvalue weighted by Crippen LogP contribution is 2.37. The summed E-state index contributed by atoms with van der Waals surface area (Å²) < 4.78 is 0. The van der Waals surface area contributed by atoms with Crippen molar-refractivity contribution >= 4 is 0 Å². The van der Waals surface area contributed by atoms with E-state index in [4.69, 9.17) is 0 Å². The second-order valence-electron chi connectivity index (χ2n) is 6.77. The van der Waals surface area contributed by atoms with Gasteiger partial charge in [0.2, 0.25) is 0 Å². The van der Waals surface area contributed by atoms with E-state index in [0.717, 1.165) is 13.0 Å². The zero-order chi connectivity index (χ0) is 14.6. The lowest BCUT2D eigenvalue weighted by Gasteiger charge is -2.47. The lowest BCUT2D eigenvalue weighted by Crippen LogP contribution is -2.57. The standard InChI is InChI=1S/C17H29N3/c1-17(2)11-7-9-15(16(17)18-3)20(4)13-10-14-8-5-6-12-19-14/h5-6,8,12,15-16,18H,7,9-11,13H2,1-4H3. The minimum absolute atomic E-state index is 0.386. The first kappa shape index (κ1) is 15.5. The first-order chi connectivity index (χ1) is 9.54. The summed E-state index contributed by atoms with van der Waals surface area (Å²) in [6, 6.07) is 7.38. The Morgan fingerprint density at radius 1 is 1.40 bits per heavy atom. The molecule has 2 atom stereocenters. The molecule has 0 bridgehead atoms. The normalized spacial score (nSPS) is 25.9. The second kappa shape index (κ2) is 6.68. The van der Waals surface area contributed by atoms with Gasteiger partial charge >= 0.3 is 0 Å². The van der Waals surface area contributed by atoms with Crippen LogP contribution in [0, 0.1) is 5.41 Å². The quantitative estimate of drug-likeness (QED) is 0.895. The number of nitrogens with one attached hydrogen (secondary N) is 1. The van der Waals surface area contributed by atoms with Crippen LogP contribution in [0.25, 0.3) is 0 Å². The third-order valence-electron chi connectivity index (χ3n) is 4.87. The fourth-order valence-corrected chi connectivity index (χ4v) is 3.67. The molecular weight excluding hydrogens is 246 g/mol. The molecule has 2 rings (SSSR count). The first-order valence-electron chi connectivity index (χ1n) is 7.82. The zero-order valence-electron chi connectivity index (χ0n) is 13.4. The van der Waals surface area contributed by atoms with Gasteiger partial charge in [-0.2, -0.15) is 0 Å². The number of hydrogen-bond acceptors (Lipinski definition) is 3. The van der Waals surface area contributed by atoms with Gasteiger partial charge in [0, 0.05) is 36.9 Å². The summed E-state index contributed by atoms with van der Waals surface area (Å²) in [6.45, 7) is 5.87. The van der Waals surface area contributed by atoms with Crippen molar-refractivity contribution in [2.45, 2.75) is 51.6 Å². The number of aromatic nitrogens is 1. The summed E-state index contributed by atoms with van der Waals surface area (Å²) in [7, 11) is 4.37. The van der Waals surface area contributed by atoms with E-state index in [0.29, 0.717) is 17.5 Å². The van der Waals surface area contributed by atoms with Crippen molar-refractivity contribution in [2.75, 3.05) is 20.6 Å². The maximum Gasteiger partial charge on any atom is 0.0416 e. The number of rotatable bonds is 5. The highest BCUT2D eigenvalue weighted by atomic mass is 15.2. The van der Waals surface area contributed by atoms with Gasteiger partial charge in [-0.3, -0.25) is 4.98 Å². The van der Waals surface area contributed by atoms with E-state index in [1.807, 2.05) is 12.3 Å². The van der Waals surface area contributed by atoms with Crippen molar-refractivity contribution in [3.05, 3.63) is 30.1 Å². The van der Waals surface area contributed by atoms with E-state index >= 15 is 0 Å². The summed E-state index contributed by atoms with van der Waals surface area (Å²) in [4.78, 5) is 6.95. The monoisotopic (exact) mass is 275 g/mol. The van der Waals surface area contributed by atoms with Gasteiger partial charge in [0.25, 0.3) is 0 Å². The van der Waals surface area contributed by atoms with Crippen LogP contribution in [0.1, 0.15) is 38.8 Å². The minimum Gasteiger partial charge on any atom is -0.315 e. The topological polar surface area (TPSA) is 28.2 Å². The molecule has 3 heteroatoms. The van der Waals surface area contributed by atoms with Crippen LogP contribution < -0.4 is 5.32 Å². The van der Waals surface area contributed by atoms with E-state index in [9.17, 15) is 0 Å². The lowest BCUT2D eigenvalue weighted by atomic mass is 9.70. The van der Waals surface area contributed by atoms with Gasteiger partial charge in [0.05, 0.1) is 0 Å². The van der Waals surface area contributed by atoms with Gasteiger partial charge < -0.3 is 10.2 Å². The molecule has 20 heavy (non-hydrogen) atoms. The van der Waals surface area contributed by atoms with Crippen LogP contribution in [0.2, 0.25) is 0 Å².